The van der Waals surface area contributed by atoms with Crippen LogP contribution in [0.2, 0.25) is 0 Å². The number of carbonyl (C=O) groups excluding carboxylic acids is 1. The number of nitrogens with zero attached hydrogens (tertiary/aromatic N) is 3. The monoisotopic (exact) mass is 541 g/mol. The van der Waals surface area contributed by atoms with Crippen molar-refractivity contribution in [3.8, 4) is 11.5 Å². The molecule has 0 unspecified atom stereocenters. The van der Waals surface area contributed by atoms with Gasteiger partial charge in [-0.3, -0.25) is 4.79 Å². The topological polar surface area (TPSA) is 115 Å². The largest absolute Gasteiger partial charge is 0.494 e. The Kier molecular flexibility index (Phi) is 7.39. The molecule has 14 heteroatoms. The van der Waals surface area contributed by atoms with E-state index in [1.54, 1.807) is 18.3 Å². The van der Waals surface area contributed by atoms with Gasteiger partial charge in [0.15, 0.2) is 6.61 Å². The van der Waals surface area contributed by atoms with Gasteiger partial charge in [-0.2, -0.15) is 17.5 Å². The lowest BCUT2D eigenvalue weighted by Crippen LogP contribution is -2.36. The molecule has 1 aromatic heterocycles. The van der Waals surface area contributed by atoms with Crippen molar-refractivity contribution in [3.63, 3.8) is 0 Å². The number of carbonyl (C=O) groups is 1. The molecule has 1 aliphatic heterocycles. The molecule has 198 valence electrons. The first-order chi connectivity index (χ1) is 17.5. The standard InChI is InChI=1S/C23H23F4N5O4S/c1-13-20-16(9-17(21(13)35-2)32-37(34)6-3-7-37)29-12-30-22(20)31-15-5-4-14(24)8-18(15)36-10-19(33)28-11-23(25,26)27/h4-5,8-9,12H,3,6-7,10-11H2,1-2H3,(H,28,33)(H,29,30,31). The molecule has 37 heavy (non-hydrogen) atoms. The first-order valence-corrected chi connectivity index (χ1v) is 12.9. The van der Waals surface area contributed by atoms with Gasteiger partial charge in [-0.25, -0.2) is 18.6 Å². The summed E-state index contributed by atoms with van der Waals surface area (Å²) in [7, 11) is -0.850. The Hall–Kier alpha value is -3.68. The molecule has 0 bridgehead atoms. The van der Waals surface area contributed by atoms with E-state index >= 15 is 0 Å². The number of fused-ring (bicyclic) bond motifs is 1. The van der Waals surface area contributed by atoms with Crippen molar-refractivity contribution in [3.05, 3.63) is 42.0 Å². The van der Waals surface area contributed by atoms with Gasteiger partial charge in [0.05, 0.1) is 28.0 Å². The van der Waals surface area contributed by atoms with E-state index in [4.69, 9.17) is 9.47 Å². The second kappa shape index (κ2) is 10.4. The molecule has 1 amide bonds. The number of benzene rings is 2. The fourth-order valence-electron chi connectivity index (χ4n) is 3.70. The summed E-state index contributed by atoms with van der Waals surface area (Å²) in [6.45, 7) is -0.522. The van der Waals surface area contributed by atoms with E-state index in [2.05, 4.69) is 19.6 Å². The highest BCUT2D eigenvalue weighted by Crippen LogP contribution is 2.41. The van der Waals surface area contributed by atoms with Crippen LogP contribution in [0.25, 0.3) is 10.9 Å². The molecule has 9 nitrogen and oxygen atoms in total. The highest BCUT2D eigenvalue weighted by atomic mass is 32.2. The van der Waals surface area contributed by atoms with Crippen LogP contribution in [-0.2, 0) is 14.5 Å². The van der Waals surface area contributed by atoms with Gasteiger partial charge in [-0.05, 0) is 31.5 Å². The number of aryl methyl sites for hydroxylation is 1. The van der Waals surface area contributed by atoms with Crippen molar-refractivity contribution in [1.29, 1.82) is 0 Å². The van der Waals surface area contributed by atoms with Crippen molar-refractivity contribution in [2.75, 3.05) is 37.1 Å². The maximum Gasteiger partial charge on any atom is 0.405 e. The van der Waals surface area contributed by atoms with Gasteiger partial charge in [-0.1, -0.05) is 0 Å². The molecule has 0 spiro atoms. The van der Waals surface area contributed by atoms with E-state index in [0.29, 0.717) is 39.4 Å². The zero-order valence-corrected chi connectivity index (χ0v) is 20.6. The number of methoxy groups -OCH3 is 1. The number of hydrogen-bond acceptors (Lipinski definition) is 8. The quantitative estimate of drug-likeness (QED) is 0.407. The van der Waals surface area contributed by atoms with Crippen LogP contribution < -0.4 is 20.1 Å². The molecule has 2 aromatic carbocycles. The van der Waals surface area contributed by atoms with Crippen LogP contribution in [0.1, 0.15) is 12.0 Å². The fourth-order valence-corrected chi connectivity index (χ4v) is 5.16. The fraction of sp³-hybridized carbons (Fsp3) is 0.348. The van der Waals surface area contributed by atoms with Crippen LogP contribution in [0.4, 0.5) is 34.8 Å². The summed E-state index contributed by atoms with van der Waals surface area (Å²) in [6.07, 6.45) is -2.44. The minimum Gasteiger partial charge on any atom is -0.494 e. The number of ether oxygens (including phenoxy) is 2. The summed E-state index contributed by atoms with van der Waals surface area (Å²) in [5.41, 5.74) is 1.71. The van der Waals surface area contributed by atoms with Crippen LogP contribution in [0.3, 0.4) is 0 Å². The van der Waals surface area contributed by atoms with E-state index in [0.717, 1.165) is 18.6 Å². The summed E-state index contributed by atoms with van der Waals surface area (Å²) in [5, 5.41) is 5.23. The Balaban J connectivity index is 1.66. The van der Waals surface area contributed by atoms with Crippen LogP contribution in [0, 0.1) is 12.7 Å². The van der Waals surface area contributed by atoms with E-state index in [1.807, 2.05) is 0 Å². The molecule has 1 fully saturated rings. The van der Waals surface area contributed by atoms with Crippen LogP contribution in [-0.4, -0.2) is 58.0 Å². The van der Waals surface area contributed by atoms with Crippen molar-refractivity contribution in [2.24, 2.45) is 4.36 Å². The summed E-state index contributed by atoms with van der Waals surface area (Å²) >= 11 is 0. The number of halogens is 4. The van der Waals surface area contributed by atoms with E-state index in [9.17, 15) is 26.6 Å². The van der Waals surface area contributed by atoms with E-state index in [-0.39, 0.29) is 17.3 Å². The molecule has 0 aliphatic carbocycles. The Labute approximate surface area is 209 Å². The minimum atomic E-state index is -4.57. The van der Waals surface area contributed by atoms with E-state index in [1.165, 1.54) is 19.5 Å². The zero-order valence-electron chi connectivity index (χ0n) is 19.8. The number of hydrogen-bond donors (Lipinski definition) is 2. The number of anilines is 2. The first kappa shape index (κ1) is 26.4. The molecule has 2 N–H and O–H groups in total. The summed E-state index contributed by atoms with van der Waals surface area (Å²) in [5.74, 6) is -0.0989. The van der Waals surface area contributed by atoms with Crippen molar-refractivity contribution in [1.82, 2.24) is 15.3 Å². The second-order valence-electron chi connectivity index (χ2n) is 8.24. The number of rotatable bonds is 8. The molecule has 4 rings (SSSR count). The molecule has 1 saturated heterocycles. The van der Waals surface area contributed by atoms with Crippen LogP contribution in [0.15, 0.2) is 35.0 Å². The number of alkyl halides is 3. The first-order valence-electron chi connectivity index (χ1n) is 11.1. The normalized spacial score (nSPS) is 14.5. The van der Waals surface area contributed by atoms with Gasteiger partial charge in [0.1, 0.15) is 41.7 Å². The third kappa shape index (κ3) is 6.18. The molecular weight excluding hydrogens is 518 g/mol. The van der Waals surface area contributed by atoms with Gasteiger partial charge < -0.3 is 20.1 Å². The molecular formula is C23H23F4N5O4S. The van der Waals surface area contributed by atoms with Gasteiger partial charge in [0.2, 0.25) is 0 Å². The predicted molar refractivity (Wildman–Crippen MR) is 130 cm³/mol. The summed E-state index contributed by atoms with van der Waals surface area (Å²) in [4.78, 5) is 20.3. The van der Waals surface area contributed by atoms with Gasteiger partial charge in [0, 0.05) is 28.5 Å². The highest BCUT2D eigenvalue weighted by molar-refractivity contribution is 7.95. The number of nitrogens with one attached hydrogen (secondary N) is 2. The molecule has 3 aromatic rings. The van der Waals surface area contributed by atoms with Crippen LogP contribution in [0.5, 0.6) is 11.5 Å². The van der Waals surface area contributed by atoms with E-state index < -0.39 is 40.8 Å². The zero-order chi connectivity index (χ0) is 26.8. The highest BCUT2D eigenvalue weighted by Gasteiger charge is 2.28. The SMILES string of the molecule is COc1c(N=S2(=O)CCC2)cc2ncnc(Nc3ccc(F)cc3OCC(=O)NCC(F)(F)F)c2c1C. The van der Waals surface area contributed by atoms with Gasteiger partial charge in [0.25, 0.3) is 5.91 Å². The Morgan fingerprint density at radius 1 is 1.22 bits per heavy atom. The molecule has 0 radical (unpaired) electrons. The molecule has 0 saturated carbocycles. The smallest absolute Gasteiger partial charge is 0.405 e. The Morgan fingerprint density at radius 3 is 2.62 bits per heavy atom. The maximum atomic E-state index is 13.9. The van der Waals surface area contributed by atoms with Gasteiger partial charge >= 0.3 is 6.18 Å². The summed E-state index contributed by atoms with van der Waals surface area (Å²) < 4.78 is 78.9. The molecule has 0 atom stereocenters. The average Bonchev–Trinajstić information content (AvgIpc) is 2.81. The minimum absolute atomic E-state index is 0.118. The second-order valence-corrected chi connectivity index (χ2v) is 10.8. The number of aromatic nitrogens is 2. The molecule has 2 heterocycles. The average molecular weight is 542 g/mol. The number of amides is 1. The lowest BCUT2D eigenvalue weighted by molar-refractivity contribution is -0.139. The third-order valence-corrected chi connectivity index (χ3v) is 7.92. The summed E-state index contributed by atoms with van der Waals surface area (Å²) in [6, 6.07) is 5.11. The Bertz CT molecular complexity index is 1460. The maximum absolute atomic E-state index is 13.9. The van der Waals surface area contributed by atoms with Gasteiger partial charge in [-0.15, -0.1) is 0 Å². The third-order valence-electron chi connectivity index (χ3n) is 5.54. The van der Waals surface area contributed by atoms with Crippen molar-refractivity contribution < 1.29 is 36.0 Å². The lowest BCUT2D eigenvalue weighted by atomic mass is 10.1. The predicted octanol–water partition coefficient (Wildman–Crippen LogP) is 4.39. The van der Waals surface area contributed by atoms with Crippen molar-refractivity contribution >= 4 is 43.7 Å². The van der Waals surface area contributed by atoms with Crippen molar-refractivity contribution in [2.45, 2.75) is 19.5 Å². The van der Waals surface area contributed by atoms with Crippen LogP contribution >= 0.6 is 0 Å². The Morgan fingerprint density at radius 2 is 1.97 bits per heavy atom. The molecule has 1 aliphatic rings. The lowest BCUT2D eigenvalue weighted by Gasteiger charge is -2.20.